The number of hydrogen-bond donors (Lipinski definition) is 2. The predicted octanol–water partition coefficient (Wildman–Crippen LogP) is 3.97. The van der Waals surface area contributed by atoms with Gasteiger partial charge in [-0.2, -0.15) is 0 Å². The molecule has 0 aliphatic heterocycles. The summed E-state index contributed by atoms with van der Waals surface area (Å²) in [5, 5.41) is 11.3. The minimum absolute atomic E-state index is 0.362. The summed E-state index contributed by atoms with van der Waals surface area (Å²) < 4.78 is 27.5. The molecule has 0 radical (unpaired) electrons. The van der Waals surface area contributed by atoms with E-state index in [0.29, 0.717) is 5.69 Å². The quantitative estimate of drug-likeness (QED) is 0.889. The van der Waals surface area contributed by atoms with Gasteiger partial charge in [0.25, 0.3) is 0 Å². The van der Waals surface area contributed by atoms with Crippen molar-refractivity contribution in [3.63, 3.8) is 0 Å². The number of carboxylic acid groups (broad SMARTS) is 1. The number of rotatable bonds is 4. The van der Waals surface area contributed by atoms with Crippen molar-refractivity contribution >= 4 is 17.3 Å². The van der Waals surface area contributed by atoms with Gasteiger partial charge < -0.3 is 10.4 Å². The topological polar surface area (TPSA) is 49.3 Å². The van der Waals surface area contributed by atoms with Crippen molar-refractivity contribution in [1.29, 1.82) is 0 Å². The Morgan fingerprint density at radius 2 is 1.70 bits per heavy atom. The van der Waals surface area contributed by atoms with Crippen LogP contribution in [0.4, 0.5) is 20.2 Å². The predicted molar refractivity (Wildman–Crippen MR) is 72.4 cm³/mol. The molecule has 0 aromatic heterocycles. The fourth-order valence-corrected chi connectivity index (χ4v) is 1.78. The smallest absolute Gasteiger partial charge is 0.335 e. The van der Waals surface area contributed by atoms with E-state index in [1.54, 1.807) is 12.1 Å². The third-order valence-corrected chi connectivity index (χ3v) is 2.92. The minimum Gasteiger partial charge on any atom is -0.478 e. The molecule has 3 nitrogen and oxygen atoms in total. The van der Waals surface area contributed by atoms with Crippen molar-refractivity contribution in [3.8, 4) is 0 Å². The molecule has 5 heteroatoms. The summed E-state index contributed by atoms with van der Waals surface area (Å²) in [5.74, 6) is -3.26. The molecule has 0 atom stereocenters. The van der Waals surface area contributed by atoms with Crippen LogP contribution in [0.3, 0.4) is 0 Å². The Morgan fingerprint density at radius 1 is 1.15 bits per heavy atom. The lowest BCUT2D eigenvalue weighted by Crippen LogP contribution is -2.03. The van der Waals surface area contributed by atoms with Gasteiger partial charge in [-0.15, -0.1) is 0 Å². The second-order valence-electron chi connectivity index (χ2n) is 4.30. The molecule has 0 fully saturated rings. The van der Waals surface area contributed by atoms with Gasteiger partial charge in [-0.1, -0.05) is 19.1 Å². The van der Waals surface area contributed by atoms with Crippen LogP contribution in [0.2, 0.25) is 0 Å². The van der Waals surface area contributed by atoms with E-state index in [-0.39, 0.29) is 5.69 Å². The largest absolute Gasteiger partial charge is 0.478 e. The van der Waals surface area contributed by atoms with E-state index in [1.165, 1.54) is 0 Å². The van der Waals surface area contributed by atoms with Crippen molar-refractivity contribution in [1.82, 2.24) is 0 Å². The maximum absolute atomic E-state index is 13.7. The Morgan fingerprint density at radius 3 is 2.15 bits per heavy atom. The minimum atomic E-state index is -1.37. The van der Waals surface area contributed by atoms with Gasteiger partial charge in [0.1, 0.15) is 5.69 Å². The van der Waals surface area contributed by atoms with E-state index in [2.05, 4.69) is 5.32 Å². The third-order valence-electron chi connectivity index (χ3n) is 2.92. The van der Waals surface area contributed by atoms with Crippen molar-refractivity contribution in [2.24, 2.45) is 0 Å². The molecule has 2 rings (SSSR count). The molecule has 0 unspecified atom stereocenters. The van der Waals surface area contributed by atoms with E-state index in [4.69, 9.17) is 5.11 Å². The number of hydrogen-bond acceptors (Lipinski definition) is 2. The van der Waals surface area contributed by atoms with Gasteiger partial charge in [0.15, 0.2) is 11.6 Å². The van der Waals surface area contributed by atoms with Crippen molar-refractivity contribution in [3.05, 3.63) is 59.2 Å². The molecule has 0 bridgehead atoms. The highest BCUT2D eigenvalue weighted by molar-refractivity contribution is 5.88. The van der Waals surface area contributed by atoms with E-state index in [0.717, 1.165) is 24.1 Å². The molecule has 2 N–H and O–H groups in total. The molecule has 0 saturated carbocycles. The molecule has 20 heavy (non-hydrogen) atoms. The fourth-order valence-electron chi connectivity index (χ4n) is 1.78. The number of nitrogens with one attached hydrogen (secondary N) is 1. The van der Waals surface area contributed by atoms with Crippen LogP contribution < -0.4 is 5.32 Å². The molecule has 0 heterocycles. The van der Waals surface area contributed by atoms with Crippen LogP contribution in [-0.2, 0) is 6.42 Å². The molecule has 2 aromatic rings. The first-order valence-corrected chi connectivity index (χ1v) is 6.09. The van der Waals surface area contributed by atoms with Gasteiger partial charge in [0.05, 0.1) is 5.56 Å². The highest BCUT2D eigenvalue weighted by Gasteiger charge is 2.14. The average molecular weight is 277 g/mol. The maximum Gasteiger partial charge on any atom is 0.335 e. The zero-order valence-electron chi connectivity index (χ0n) is 10.8. The number of benzene rings is 2. The lowest BCUT2D eigenvalue weighted by molar-refractivity contribution is 0.0696. The van der Waals surface area contributed by atoms with Crippen LogP contribution in [0.1, 0.15) is 22.8 Å². The summed E-state index contributed by atoms with van der Waals surface area (Å²) in [6.07, 6.45) is 0.871. The number of aromatic carboxylic acids is 1. The molecule has 0 amide bonds. The summed E-state index contributed by atoms with van der Waals surface area (Å²) in [5.41, 5.74) is 0.854. The molecule has 0 aliphatic carbocycles. The summed E-state index contributed by atoms with van der Waals surface area (Å²) >= 11 is 0. The molecule has 2 aromatic carbocycles. The van der Waals surface area contributed by atoms with Crippen LogP contribution >= 0.6 is 0 Å². The lowest BCUT2D eigenvalue weighted by atomic mass is 10.1. The molecule has 0 aliphatic rings. The fraction of sp³-hybridized carbons (Fsp3) is 0.133. The Balaban J connectivity index is 2.30. The van der Waals surface area contributed by atoms with Crippen LogP contribution in [-0.4, -0.2) is 11.1 Å². The van der Waals surface area contributed by atoms with E-state index >= 15 is 0 Å². The van der Waals surface area contributed by atoms with Gasteiger partial charge in [0, 0.05) is 5.69 Å². The average Bonchev–Trinajstić information content (AvgIpc) is 2.43. The second-order valence-corrected chi connectivity index (χ2v) is 4.30. The van der Waals surface area contributed by atoms with Gasteiger partial charge in [0.2, 0.25) is 0 Å². The van der Waals surface area contributed by atoms with Crippen molar-refractivity contribution in [2.45, 2.75) is 13.3 Å². The highest BCUT2D eigenvalue weighted by atomic mass is 19.1. The van der Waals surface area contributed by atoms with Gasteiger partial charge in [-0.3, -0.25) is 0 Å². The number of halogens is 2. The van der Waals surface area contributed by atoms with E-state index < -0.39 is 23.2 Å². The van der Waals surface area contributed by atoms with Crippen molar-refractivity contribution in [2.75, 3.05) is 5.32 Å². The lowest BCUT2D eigenvalue weighted by Gasteiger charge is -2.10. The summed E-state index contributed by atoms with van der Waals surface area (Å²) in [4.78, 5) is 10.7. The molecular formula is C15H13F2NO2. The Bertz CT molecular complexity index is 616. The first kappa shape index (κ1) is 14.0. The van der Waals surface area contributed by atoms with Crippen LogP contribution in [0.15, 0.2) is 36.4 Å². The number of carboxylic acids is 1. The SMILES string of the molecule is CCc1ccc(Nc2c(F)cc(C(=O)O)cc2F)cc1. The highest BCUT2D eigenvalue weighted by Crippen LogP contribution is 2.25. The first-order valence-electron chi connectivity index (χ1n) is 6.09. The normalized spacial score (nSPS) is 10.3. The van der Waals surface area contributed by atoms with Gasteiger partial charge >= 0.3 is 5.97 Å². The Hall–Kier alpha value is -2.43. The zero-order chi connectivity index (χ0) is 14.7. The Labute approximate surface area is 114 Å². The monoisotopic (exact) mass is 277 g/mol. The summed E-state index contributed by atoms with van der Waals surface area (Å²) in [6, 6.07) is 8.70. The number of anilines is 2. The molecule has 0 saturated heterocycles. The second kappa shape index (κ2) is 5.69. The van der Waals surface area contributed by atoms with E-state index in [9.17, 15) is 13.6 Å². The molecular weight excluding hydrogens is 264 g/mol. The van der Waals surface area contributed by atoms with Crippen molar-refractivity contribution < 1.29 is 18.7 Å². The summed E-state index contributed by atoms with van der Waals surface area (Å²) in [6.45, 7) is 2.01. The third kappa shape index (κ3) is 2.93. The van der Waals surface area contributed by atoms with E-state index in [1.807, 2.05) is 19.1 Å². The Kier molecular flexibility index (Phi) is 3.98. The van der Waals surface area contributed by atoms with Gasteiger partial charge in [-0.25, -0.2) is 13.6 Å². The van der Waals surface area contributed by atoms with Crippen LogP contribution in [0, 0.1) is 11.6 Å². The van der Waals surface area contributed by atoms with Crippen LogP contribution in [0.25, 0.3) is 0 Å². The zero-order valence-corrected chi connectivity index (χ0v) is 10.8. The number of aryl methyl sites for hydroxylation is 1. The van der Waals surface area contributed by atoms with Gasteiger partial charge in [-0.05, 0) is 36.2 Å². The first-order chi connectivity index (χ1) is 9.51. The molecule has 0 spiro atoms. The maximum atomic E-state index is 13.7. The standard InChI is InChI=1S/C15H13F2NO2/c1-2-9-3-5-11(6-4-9)18-14-12(16)7-10(15(19)20)8-13(14)17/h3-8,18H,2H2,1H3,(H,19,20). The molecule has 104 valence electrons. The summed E-state index contributed by atoms with van der Waals surface area (Å²) in [7, 11) is 0. The number of carbonyl (C=O) groups is 1. The van der Waals surface area contributed by atoms with Crippen LogP contribution in [0.5, 0.6) is 0 Å².